The molecule has 96 valence electrons. The number of ether oxygens (including phenoxy) is 1. The zero-order valence-electron chi connectivity index (χ0n) is 11.0. The maximum absolute atomic E-state index is 9.39. The SMILES string of the molecule is CCCCCCCc1cccc(OC)c1CO. The van der Waals surface area contributed by atoms with Gasteiger partial charge in [0.25, 0.3) is 0 Å². The molecular formula is C15H24O2. The molecule has 0 spiro atoms. The number of rotatable bonds is 8. The van der Waals surface area contributed by atoms with E-state index < -0.39 is 0 Å². The number of hydrogen-bond acceptors (Lipinski definition) is 2. The van der Waals surface area contributed by atoms with Crippen molar-refractivity contribution < 1.29 is 9.84 Å². The predicted octanol–water partition coefficient (Wildman–Crippen LogP) is 3.70. The zero-order valence-corrected chi connectivity index (χ0v) is 11.0. The number of aliphatic hydroxyl groups is 1. The largest absolute Gasteiger partial charge is 0.496 e. The van der Waals surface area contributed by atoms with Crippen LogP contribution in [0.25, 0.3) is 0 Å². The van der Waals surface area contributed by atoms with Gasteiger partial charge in [-0.2, -0.15) is 0 Å². The molecule has 0 saturated carbocycles. The highest BCUT2D eigenvalue weighted by molar-refractivity contribution is 5.39. The molecule has 2 nitrogen and oxygen atoms in total. The number of unbranched alkanes of at least 4 members (excludes halogenated alkanes) is 4. The third-order valence-corrected chi connectivity index (χ3v) is 3.16. The van der Waals surface area contributed by atoms with Gasteiger partial charge in [-0.15, -0.1) is 0 Å². The van der Waals surface area contributed by atoms with Gasteiger partial charge in [-0.25, -0.2) is 0 Å². The normalized spacial score (nSPS) is 10.5. The van der Waals surface area contributed by atoms with E-state index in [0.717, 1.165) is 17.7 Å². The van der Waals surface area contributed by atoms with Crippen LogP contribution in [-0.4, -0.2) is 12.2 Å². The summed E-state index contributed by atoms with van der Waals surface area (Å²) in [6.07, 6.45) is 7.42. The van der Waals surface area contributed by atoms with Crippen molar-refractivity contribution >= 4 is 0 Å². The van der Waals surface area contributed by atoms with Crippen LogP contribution in [0.3, 0.4) is 0 Å². The van der Waals surface area contributed by atoms with Crippen LogP contribution in [0.1, 0.15) is 50.2 Å². The summed E-state index contributed by atoms with van der Waals surface area (Å²) in [5, 5.41) is 9.39. The molecule has 1 N–H and O–H groups in total. The van der Waals surface area contributed by atoms with Gasteiger partial charge in [0.05, 0.1) is 13.7 Å². The van der Waals surface area contributed by atoms with Crippen molar-refractivity contribution in [1.82, 2.24) is 0 Å². The molecule has 2 heteroatoms. The molecule has 0 radical (unpaired) electrons. The van der Waals surface area contributed by atoms with Gasteiger partial charge < -0.3 is 9.84 Å². The van der Waals surface area contributed by atoms with E-state index in [1.807, 2.05) is 12.1 Å². The fraction of sp³-hybridized carbons (Fsp3) is 0.600. The van der Waals surface area contributed by atoms with E-state index in [2.05, 4.69) is 13.0 Å². The van der Waals surface area contributed by atoms with Crippen LogP contribution in [0.15, 0.2) is 18.2 Å². The lowest BCUT2D eigenvalue weighted by Crippen LogP contribution is -1.98. The van der Waals surface area contributed by atoms with Crippen molar-refractivity contribution in [2.45, 2.75) is 52.1 Å². The molecule has 0 heterocycles. The first-order valence-electron chi connectivity index (χ1n) is 6.59. The molecule has 0 aliphatic rings. The van der Waals surface area contributed by atoms with Crippen molar-refractivity contribution in [1.29, 1.82) is 0 Å². The van der Waals surface area contributed by atoms with E-state index in [1.165, 1.54) is 37.7 Å². The van der Waals surface area contributed by atoms with E-state index in [9.17, 15) is 5.11 Å². The molecule has 0 aromatic heterocycles. The fourth-order valence-corrected chi connectivity index (χ4v) is 2.14. The summed E-state index contributed by atoms with van der Waals surface area (Å²) in [5.41, 5.74) is 2.17. The van der Waals surface area contributed by atoms with Crippen LogP contribution in [0.5, 0.6) is 5.75 Å². The molecule has 1 aromatic carbocycles. The van der Waals surface area contributed by atoms with Gasteiger partial charge in [0.1, 0.15) is 5.75 Å². The topological polar surface area (TPSA) is 29.5 Å². The lowest BCUT2D eigenvalue weighted by atomic mass is 10.00. The van der Waals surface area contributed by atoms with E-state index in [4.69, 9.17) is 4.74 Å². The minimum Gasteiger partial charge on any atom is -0.496 e. The van der Waals surface area contributed by atoms with E-state index in [-0.39, 0.29) is 6.61 Å². The lowest BCUT2D eigenvalue weighted by Gasteiger charge is -2.11. The summed E-state index contributed by atoms with van der Waals surface area (Å²) in [6, 6.07) is 6.00. The van der Waals surface area contributed by atoms with Crippen LogP contribution in [0.2, 0.25) is 0 Å². The summed E-state index contributed by atoms with van der Waals surface area (Å²) in [5.74, 6) is 0.804. The molecule has 0 fully saturated rings. The third-order valence-electron chi connectivity index (χ3n) is 3.16. The molecular weight excluding hydrogens is 212 g/mol. The van der Waals surface area contributed by atoms with Gasteiger partial charge in [-0.05, 0) is 24.5 Å². The monoisotopic (exact) mass is 236 g/mol. The minimum absolute atomic E-state index is 0.0638. The molecule has 17 heavy (non-hydrogen) atoms. The van der Waals surface area contributed by atoms with Gasteiger partial charge in [0, 0.05) is 5.56 Å². The summed E-state index contributed by atoms with van der Waals surface area (Å²) in [4.78, 5) is 0. The second kappa shape index (κ2) is 8.13. The molecule has 1 rings (SSSR count). The molecule has 0 aliphatic carbocycles. The Morgan fingerprint density at radius 1 is 1.12 bits per heavy atom. The van der Waals surface area contributed by atoms with Crippen molar-refractivity contribution in [3.8, 4) is 5.75 Å². The molecule has 1 aromatic rings. The highest BCUT2D eigenvalue weighted by atomic mass is 16.5. The van der Waals surface area contributed by atoms with E-state index in [0.29, 0.717) is 0 Å². The van der Waals surface area contributed by atoms with Crippen molar-refractivity contribution in [2.75, 3.05) is 7.11 Å². The average molecular weight is 236 g/mol. The summed E-state index contributed by atoms with van der Waals surface area (Å²) in [7, 11) is 1.65. The summed E-state index contributed by atoms with van der Waals surface area (Å²) in [6.45, 7) is 2.29. The number of aryl methyl sites for hydroxylation is 1. The van der Waals surface area contributed by atoms with Gasteiger partial charge in [0.2, 0.25) is 0 Å². The average Bonchev–Trinajstić information content (AvgIpc) is 2.38. The first-order valence-corrected chi connectivity index (χ1v) is 6.59. The van der Waals surface area contributed by atoms with Crippen LogP contribution >= 0.6 is 0 Å². The van der Waals surface area contributed by atoms with Gasteiger partial charge in [-0.1, -0.05) is 44.7 Å². The first-order chi connectivity index (χ1) is 8.33. The lowest BCUT2D eigenvalue weighted by molar-refractivity contribution is 0.272. The number of hydrogen-bond donors (Lipinski definition) is 1. The highest BCUT2D eigenvalue weighted by Gasteiger charge is 2.07. The summed E-state index contributed by atoms with van der Waals surface area (Å²) >= 11 is 0. The highest BCUT2D eigenvalue weighted by Crippen LogP contribution is 2.23. The smallest absolute Gasteiger partial charge is 0.124 e. The van der Waals surface area contributed by atoms with Crippen molar-refractivity contribution in [3.05, 3.63) is 29.3 Å². The molecule has 0 amide bonds. The maximum atomic E-state index is 9.39. The maximum Gasteiger partial charge on any atom is 0.124 e. The second-order valence-electron chi connectivity index (χ2n) is 4.42. The quantitative estimate of drug-likeness (QED) is 0.697. The second-order valence-corrected chi connectivity index (χ2v) is 4.42. The van der Waals surface area contributed by atoms with Gasteiger partial charge in [-0.3, -0.25) is 0 Å². The first kappa shape index (κ1) is 14.0. The Bertz CT molecular complexity index is 321. The van der Waals surface area contributed by atoms with Gasteiger partial charge >= 0.3 is 0 Å². The third kappa shape index (κ3) is 4.39. The van der Waals surface area contributed by atoms with E-state index >= 15 is 0 Å². The molecule has 0 atom stereocenters. The summed E-state index contributed by atoms with van der Waals surface area (Å²) < 4.78 is 5.26. The molecule has 0 saturated heterocycles. The predicted molar refractivity (Wildman–Crippen MR) is 71.4 cm³/mol. The van der Waals surface area contributed by atoms with Crippen LogP contribution in [0.4, 0.5) is 0 Å². The Kier molecular flexibility index (Phi) is 6.71. The number of methoxy groups -OCH3 is 1. The molecule has 0 unspecified atom stereocenters. The van der Waals surface area contributed by atoms with Crippen molar-refractivity contribution in [2.24, 2.45) is 0 Å². The van der Waals surface area contributed by atoms with Crippen LogP contribution < -0.4 is 4.74 Å². The number of benzene rings is 1. The van der Waals surface area contributed by atoms with Crippen LogP contribution in [-0.2, 0) is 13.0 Å². The Morgan fingerprint density at radius 3 is 2.53 bits per heavy atom. The van der Waals surface area contributed by atoms with Crippen molar-refractivity contribution in [3.63, 3.8) is 0 Å². The van der Waals surface area contributed by atoms with Crippen LogP contribution in [0, 0.1) is 0 Å². The number of aliphatic hydroxyl groups excluding tert-OH is 1. The minimum atomic E-state index is 0.0638. The Labute approximate surface area is 105 Å². The fourth-order valence-electron chi connectivity index (χ4n) is 2.14. The molecule has 0 aliphatic heterocycles. The Hall–Kier alpha value is -1.02. The van der Waals surface area contributed by atoms with Gasteiger partial charge in [0.15, 0.2) is 0 Å². The standard InChI is InChI=1S/C15H24O2/c1-3-4-5-6-7-9-13-10-8-11-15(17-2)14(13)12-16/h8,10-11,16H,3-7,9,12H2,1-2H3. The zero-order chi connectivity index (χ0) is 12.5. The Balaban J connectivity index is 2.52. The van der Waals surface area contributed by atoms with E-state index in [1.54, 1.807) is 7.11 Å². The molecule has 0 bridgehead atoms. The Morgan fingerprint density at radius 2 is 1.88 bits per heavy atom.